The van der Waals surface area contributed by atoms with E-state index >= 15 is 0 Å². The van der Waals surface area contributed by atoms with Crippen molar-refractivity contribution >= 4 is 28.4 Å². The Bertz CT molecular complexity index is 1180. The van der Waals surface area contributed by atoms with Gasteiger partial charge in [0.25, 0.3) is 5.91 Å². The molecule has 152 valence electrons. The molecule has 1 amide bonds. The van der Waals surface area contributed by atoms with Crippen LogP contribution in [0.3, 0.4) is 0 Å². The number of hydrogen-bond acceptors (Lipinski definition) is 5. The maximum Gasteiger partial charge on any atom is 0.256 e. The number of carbonyl (C=O) groups is 1. The smallest absolute Gasteiger partial charge is 0.256 e. The van der Waals surface area contributed by atoms with Crippen molar-refractivity contribution in [2.24, 2.45) is 0 Å². The van der Waals surface area contributed by atoms with Crippen LogP contribution in [0, 0.1) is 0 Å². The van der Waals surface area contributed by atoms with Crippen molar-refractivity contribution < 1.29 is 4.79 Å². The molecule has 3 heterocycles. The molecule has 8 nitrogen and oxygen atoms in total. The summed E-state index contributed by atoms with van der Waals surface area (Å²) in [6.45, 7) is 3.48. The molecule has 1 fully saturated rings. The van der Waals surface area contributed by atoms with Crippen molar-refractivity contribution in [1.29, 1.82) is 0 Å². The number of piperazine rings is 1. The number of aromatic nitrogens is 5. The minimum absolute atomic E-state index is 0.0677. The third kappa shape index (κ3) is 3.55. The number of aromatic amines is 1. The molecule has 4 aromatic rings. The fraction of sp³-hybridized carbons (Fsp3) is 0.238. The topological polar surface area (TPSA) is 82.9 Å². The van der Waals surface area contributed by atoms with Crippen molar-refractivity contribution in [1.82, 2.24) is 35.0 Å². The van der Waals surface area contributed by atoms with Crippen LogP contribution in [0.2, 0.25) is 5.02 Å². The molecular weight excluding hydrogens is 402 g/mol. The van der Waals surface area contributed by atoms with Crippen LogP contribution in [0.5, 0.6) is 0 Å². The lowest BCUT2D eigenvalue weighted by Crippen LogP contribution is -2.48. The fourth-order valence-electron chi connectivity index (χ4n) is 3.82. The minimum Gasteiger partial charge on any atom is -0.360 e. The predicted octanol–water partition coefficient (Wildman–Crippen LogP) is 2.76. The van der Waals surface area contributed by atoms with E-state index in [4.69, 9.17) is 11.6 Å². The summed E-state index contributed by atoms with van der Waals surface area (Å²) >= 11 is 5.97. The van der Waals surface area contributed by atoms with E-state index in [0.29, 0.717) is 24.7 Å². The van der Waals surface area contributed by atoms with Crippen molar-refractivity contribution in [2.45, 2.75) is 6.54 Å². The number of carbonyl (C=O) groups excluding carboxylic acids is 1. The number of rotatable bonds is 4. The number of para-hydroxylation sites is 1. The second-order valence-corrected chi connectivity index (χ2v) is 7.74. The SMILES string of the molecule is O=C(c1c[nH]c2ccccc12)N1CCN(Cc2nnnn2-c2ccc(Cl)cc2)CC1. The summed E-state index contributed by atoms with van der Waals surface area (Å²) in [5.41, 5.74) is 2.58. The molecule has 0 aliphatic carbocycles. The van der Waals surface area contributed by atoms with Crippen LogP contribution in [0.25, 0.3) is 16.6 Å². The van der Waals surface area contributed by atoms with E-state index in [9.17, 15) is 4.79 Å². The van der Waals surface area contributed by atoms with Gasteiger partial charge in [-0.25, -0.2) is 0 Å². The lowest BCUT2D eigenvalue weighted by Gasteiger charge is -2.34. The summed E-state index contributed by atoms with van der Waals surface area (Å²) in [4.78, 5) is 20.4. The number of tetrazole rings is 1. The average Bonchev–Trinajstić information content (AvgIpc) is 3.41. The van der Waals surface area contributed by atoms with Crippen LogP contribution in [0.15, 0.2) is 54.7 Å². The fourth-order valence-corrected chi connectivity index (χ4v) is 3.94. The lowest BCUT2D eigenvalue weighted by atomic mass is 10.1. The first kappa shape index (κ1) is 18.8. The van der Waals surface area contributed by atoms with Crippen molar-refractivity contribution in [2.75, 3.05) is 26.2 Å². The van der Waals surface area contributed by atoms with E-state index in [1.54, 1.807) is 10.9 Å². The number of nitrogens with zero attached hydrogens (tertiary/aromatic N) is 6. The Morgan fingerprint density at radius 1 is 1.03 bits per heavy atom. The normalized spacial score (nSPS) is 15.0. The first-order valence-corrected chi connectivity index (χ1v) is 10.2. The van der Waals surface area contributed by atoms with Gasteiger partial charge in [-0.1, -0.05) is 29.8 Å². The number of fused-ring (bicyclic) bond motifs is 1. The monoisotopic (exact) mass is 421 g/mol. The summed E-state index contributed by atoms with van der Waals surface area (Å²) in [5.74, 6) is 0.826. The van der Waals surface area contributed by atoms with Crippen molar-refractivity contribution in [3.63, 3.8) is 0 Å². The van der Waals surface area contributed by atoms with Gasteiger partial charge in [-0.2, -0.15) is 4.68 Å². The molecule has 0 saturated carbocycles. The van der Waals surface area contributed by atoms with E-state index in [2.05, 4.69) is 25.4 Å². The summed E-state index contributed by atoms with van der Waals surface area (Å²) in [6, 6.07) is 15.3. The summed E-state index contributed by atoms with van der Waals surface area (Å²) in [5, 5.41) is 13.7. The summed E-state index contributed by atoms with van der Waals surface area (Å²) < 4.78 is 1.72. The van der Waals surface area contributed by atoms with Crippen LogP contribution in [0.1, 0.15) is 16.2 Å². The number of H-pyrrole nitrogens is 1. The quantitative estimate of drug-likeness (QED) is 0.547. The van der Waals surface area contributed by atoms with E-state index in [1.807, 2.05) is 53.4 Å². The standard InChI is InChI=1S/C21H20ClN7O/c22-15-5-7-16(8-6-15)29-20(24-25-26-29)14-27-9-11-28(12-10-27)21(30)18-13-23-19-4-2-1-3-17(18)19/h1-8,13,23H,9-12,14H2. The average molecular weight is 422 g/mol. The van der Waals surface area contributed by atoms with Crippen LogP contribution < -0.4 is 0 Å². The van der Waals surface area contributed by atoms with Gasteiger partial charge in [0, 0.05) is 48.3 Å². The van der Waals surface area contributed by atoms with Gasteiger partial charge in [0.2, 0.25) is 0 Å². The molecule has 5 rings (SSSR count). The Hall–Kier alpha value is -3.23. The van der Waals surface area contributed by atoms with Crippen LogP contribution in [-0.4, -0.2) is 67.1 Å². The highest BCUT2D eigenvalue weighted by atomic mass is 35.5. The number of amides is 1. The number of hydrogen-bond donors (Lipinski definition) is 1. The zero-order chi connectivity index (χ0) is 20.5. The molecule has 0 radical (unpaired) electrons. The van der Waals surface area contributed by atoms with E-state index in [0.717, 1.165) is 41.1 Å². The molecule has 1 aliphatic heterocycles. The number of benzene rings is 2. The molecule has 0 spiro atoms. The van der Waals surface area contributed by atoms with Gasteiger partial charge in [-0.15, -0.1) is 5.10 Å². The highest BCUT2D eigenvalue weighted by molar-refractivity contribution is 6.30. The molecule has 1 N–H and O–H groups in total. The highest BCUT2D eigenvalue weighted by Crippen LogP contribution is 2.20. The van der Waals surface area contributed by atoms with E-state index in [1.165, 1.54) is 0 Å². The third-order valence-electron chi connectivity index (χ3n) is 5.45. The van der Waals surface area contributed by atoms with Gasteiger partial charge >= 0.3 is 0 Å². The van der Waals surface area contributed by atoms with Gasteiger partial charge in [0.1, 0.15) is 0 Å². The maximum atomic E-state index is 13.0. The molecule has 9 heteroatoms. The van der Waals surface area contributed by atoms with E-state index < -0.39 is 0 Å². The summed E-state index contributed by atoms with van der Waals surface area (Å²) in [7, 11) is 0. The van der Waals surface area contributed by atoms with Gasteiger partial charge in [0.05, 0.1) is 17.8 Å². The highest BCUT2D eigenvalue weighted by Gasteiger charge is 2.25. The first-order valence-electron chi connectivity index (χ1n) is 9.80. The molecule has 1 saturated heterocycles. The zero-order valence-corrected chi connectivity index (χ0v) is 17.0. The maximum absolute atomic E-state index is 13.0. The van der Waals surface area contributed by atoms with Crippen LogP contribution in [-0.2, 0) is 6.54 Å². The predicted molar refractivity (Wildman–Crippen MR) is 114 cm³/mol. The number of halogens is 1. The molecule has 1 aliphatic rings. The lowest BCUT2D eigenvalue weighted by molar-refractivity contribution is 0.0626. The van der Waals surface area contributed by atoms with Crippen LogP contribution in [0.4, 0.5) is 0 Å². The molecule has 0 unspecified atom stereocenters. The second kappa shape index (κ2) is 7.89. The Kier molecular flexibility index (Phi) is 4.94. The second-order valence-electron chi connectivity index (χ2n) is 7.30. The molecule has 0 atom stereocenters. The van der Waals surface area contributed by atoms with Gasteiger partial charge in [-0.05, 0) is 40.8 Å². The third-order valence-corrected chi connectivity index (χ3v) is 5.70. The van der Waals surface area contributed by atoms with Crippen LogP contribution >= 0.6 is 11.6 Å². The minimum atomic E-state index is 0.0677. The van der Waals surface area contributed by atoms with E-state index in [-0.39, 0.29) is 5.91 Å². The zero-order valence-electron chi connectivity index (χ0n) is 16.2. The molecule has 2 aromatic carbocycles. The Morgan fingerprint density at radius 2 is 1.80 bits per heavy atom. The van der Waals surface area contributed by atoms with Crippen molar-refractivity contribution in [3.8, 4) is 5.69 Å². The Labute approximate surface area is 178 Å². The first-order chi connectivity index (χ1) is 14.7. The largest absolute Gasteiger partial charge is 0.360 e. The molecule has 30 heavy (non-hydrogen) atoms. The van der Waals surface area contributed by atoms with Crippen molar-refractivity contribution in [3.05, 3.63) is 71.1 Å². The Balaban J connectivity index is 1.24. The molecular formula is C21H20ClN7O. The number of nitrogens with one attached hydrogen (secondary N) is 1. The summed E-state index contributed by atoms with van der Waals surface area (Å²) in [6.07, 6.45) is 1.81. The van der Waals surface area contributed by atoms with Gasteiger partial charge < -0.3 is 9.88 Å². The molecule has 2 aromatic heterocycles. The van der Waals surface area contributed by atoms with Gasteiger partial charge in [-0.3, -0.25) is 9.69 Å². The molecule has 0 bridgehead atoms. The van der Waals surface area contributed by atoms with Gasteiger partial charge in [0.15, 0.2) is 5.82 Å². The Morgan fingerprint density at radius 3 is 2.60 bits per heavy atom.